The molecule has 0 aliphatic rings. The molecule has 8 heteroatoms. The molecule has 0 amide bonds. The SMILES string of the molecule is CS(=O)(=O)N(CCC(=O)O)c1cccc(Cl)c1Cl. The van der Waals surface area contributed by atoms with Gasteiger partial charge in [0.1, 0.15) is 0 Å². The zero-order valence-electron chi connectivity index (χ0n) is 9.43. The third-order valence-electron chi connectivity index (χ3n) is 2.13. The van der Waals surface area contributed by atoms with Crippen molar-refractivity contribution in [1.29, 1.82) is 0 Å². The van der Waals surface area contributed by atoms with Gasteiger partial charge in [0.15, 0.2) is 0 Å². The Hall–Kier alpha value is -0.980. The fourth-order valence-corrected chi connectivity index (χ4v) is 2.73. The Balaban J connectivity index is 3.18. The lowest BCUT2D eigenvalue weighted by atomic mass is 10.3. The Bertz CT molecular complexity index is 559. The molecule has 0 fully saturated rings. The highest BCUT2D eigenvalue weighted by molar-refractivity contribution is 7.92. The highest BCUT2D eigenvalue weighted by atomic mass is 35.5. The van der Waals surface area contributed by atoms with Gasteiger partial charge in [-0.05, 0) is 12.1 Å². The monoisotopic (exact) mass is 311 g/mol. The average molecular weight is 312 g/mol. The molecule has 5 nitrogen and oxygen atoms in total. The van der Waals surface area contributed by atoms with Gasteiger partial charge in [-0.3, -0.25) is 9.10 Å². The van der Waals surface area contributed by atoms with Crippen molar-refractivity contribution in [2.45, 2.75) is 6.42 Å². The highest BCUT2D eigenvalue weighted by Crippen LogP contribution is 2.33. The molecule has 0 atom stereocenters. The van der Waals surface area contributed by atoms with Gasteiger partial charge in [0.05, 0.1) is 28.4 Å². The quantitative estimate of drug-likeness (QED) is 0.905. The van der Waals surface area contributed by atoms with Crippen molar-refractivity contribution in [3.05, 3.63) is 28.2 Å². The molecule has 0 radical (unpaired) electrons. The molecule has 0 saturated carbocycles. The first-order valence-corrected chi connectivity index (χ1v) is 7.47. The maximum absolute atomic E-state index is 11.6. The maximum atomic E-state index is 11.6. The summed E-state index contributed by atoms with van der Waals surface area (Å²) in [6.07, 6.45) is 0.655. The molecule has 1 rings (SSSR count). The van der Waals surface area contributed by atoms with Gasteiger partial charge in [-0.2, -0.15) is 0 Å². The molecule has 1 aromatic rings. The summed E-state index contributed by atoms with van der Waals surface area (Å²) in [5.74, 6) is -1.10. The fourth-order valence-electron chi connectivity index (χ4n) is 1.35. The number of nitrogens with zero attached hydrogens (tertiary/aromatic N) is 1. The molecular weight excluding hydrogens is 301 g/mol. The number of carboxylic acids is 1. The number of anilines is 1. The highest BCUT2D eigenvalue weighted by Gasteiger charge is 2.21. The Labute approximate surface area is 115 Å². The van der Waals surface area contributed by atoms with Crippen LogP contribution >= 0.6 is 23.2 Å². The molecule has 18 heavy (non-hydrogen) atoms. The van der Waals surface area contributed by atoms with Crippen LogP contribution in [0.5, 0.6) is 0 Å². The third-order valence-corrected chi connectivity index (χ3v) is 4.12. The minimum atomic E-state index is -3.63. The van der Waals surface area contributed by atoms with E-state index in [-0.39, 0.29) is 28.7 Å². The van der Waals surface area contributed by atoms with E-state index in [4.69, 9.17) is 28.3 Å². The summed E-state index contributed by atoms with van der Waals surface area (Å²) < 4.78 is 24.2. The number of rotatable bonds is 5. The molecule has 0 spiro atoms. The Morgan fingerprint density at radius 1 is 1.39 bits per heavy atom. The van der Waals surface area contributed by atoms with E-state index in [1.807, 2.05) is 0 Å². The number of halogens is 2. The predicted octanol–water partition coefficient (Wildman–Crippen LogP) is 2.23. The van der Waals surface area contributed by atoms with Crippen molar-refractivity contribution >= 4 is 44.9 Å². The summed E-state index contributed by atoms with van der Waals surface area (Å²) in [5.41, 5.74) is 0.174. The smallest absolute Gasteiger partial charge is 0.305 e. The zero-order valence-corrected chi connectivity index (χ0v) is 11.8. The lowest BCUT2D eigenvalue weighted by Crippen LogP contribution is -2.32. The summed E-state index contributed by atoms with van der Waals surface area (Å²) in [4.78, 5) is 10.5. The van der Waals surface area contributed by atoms with Crippen LogP contribution in [0.1, 0.15) is 6.42 Å². The average Bonchev–Trinajstić information content (AvgIpc) is 2.22. The van der Waals surface area contributed by atoms with Crippen molar-refractivity contribution in [3.8, 4) is 0 Å². The van der Waals surface area contributed by atoms with Gasteiger partial charge >= 0.3 is 5.97 Å². The lowest BCUT2D eigenvalue weighted by molar-refractivity contribution is -0.136. The summed E-state index contributed by atoms with van der Waals surface area (Å²) in [7, 11) is -3.63. The first kappa shape index (κ1) is 15.1. The number of carboxylic acid groups (broad SMARTS) is 1. The van der Waals surface area contributed by atoms with Gasteiger partial charge in [-0.25, -0.2) is 8.42 Å². The Morgan fingerprint density at radius 3 is 2.50 bits per heavy atom. The normalized spacial score (nSPS) is 11.3. The van der Waals surface area contributed by atoms with Gasteiger partial charge in [0.2, 0.25) is 10.0 Å². The largest absolute Gasteiger partial charge is 0.481 e. The summed E-state index contributed by atoms with van der Waals surface area (Å²) in [5, 5.41) is 8.90. The molecule has 1 N–H and O–H groups in total. The van der Waals surface area contributed by atoms with Crippen LogP contribution in [-0.2, 0) is 14.8 Å². The summed E-state index contributed by atoms with van der Waals surface area (Å²) in [6.45, 7) is -0.200. The van der Waals surface area contributed by atoms with Crippen molar-refractivity contribution in [3.63, 3.8) is 0 Å². The first-order valence-electron chi connectivity index (χ1n) is 4.87. The standard InChI is InChI=1S/C10H11Cl2NO4S/c1-18(16,17)13(6-5-9(14)15)8-4-2-3-7(11)10(8)12/h2-4H,5-6H2,1H3,(H,14,15). The number of benzene rings is 1. The first-order chi connectivity index (χ1) is 8.23. The van der Waals surface area contributed by atoms with E-state index in [2.05, 4.69) is 0 Å². The second-order valence-electron chi connectivity index (χ2n) is 3.55. The van der Waals surface area contributed by atoms with E-state index in [1.54, 1.807) is 6.07 Å². The minimum Gasteiger partial charge on any atom is -0.481 e. The van der Waals surface area contributed by atoms with Crippen molar-refractivity contribution in [1.82, 2.24) is 0 Å². The van der Waals surface area contributed by atoms with Gasteiger partial charge in [-0.15, -0.1) is 0 Å². The third kappa shape index (κ3) is 3.76. The zero-order chi connectivity index (χ0) is 13.9. The molecule has 0 saturated heterocycles. The molecule has 0 aliphatic carbocycles. The van der Waals surface area contributed by atoms with Crippen LogP contribution < -0.4 is 4.31 Å². The van der Waals surface area contributed by atoms with Crippen molar-refractivity contribution in [2.24, 2.45) is 0 Å². The second kappa shape index (κ2) is 5.77. The number of aliphatic carboxylic acids is 1. The second-order valence-corrected chi connectivity index (χ2v) is 6.24. The molecule has 1 aromatic carbocycles. The molecule has 0 bridgehead atoms. The van der Waals surface area contributed by atoms with Crippen LogP contribution in [0.4, 0.5) is 5.69 Å². The van der Waals surface area contributed by atoms with Gasteiger partial charge < -0.3 is 5.11 Å². The van der Waals surface area contributed by atoms with E-state index < -0.39 is 16.0 Å². The summed E-state index contributed by atoms with van der Waals surface area (Å²) in [6, 6.07) is 4.53. The molecule has 0 heterocycles. The molecule has 100 valence electrons. The minimum absolute atomic E-state index is 0.0787. The van der Waals surface area contributed by atoms with Gasteiger partial charge in [0.25, 0.3) is 0 Å². The fraction of sp³-hybridized carbons (Fsp3) is 0.300. The van der Waals surface area contributed by atoms with Crippen LogP contribution in [0.25, 0.3) is 0 Å². The molecule has 0 aromatic heterocycles. The molecule has 0 unspecified atom stereocenters. The van der Waals surface area contributed by atoms with E-state index in [0.717, 1.165) is 10.6 Å². The van der Waals surface area contributed by atoms with Crippen LogP contribution in [0.3, 0.4) is 0 Å². The number of sulfonamides is 1. The molecule has 0 aliphatic heterocycles. The van der Waals surface area contributed by atoms with Gasteiger partial charge in [0, 0.05) is 6.54 Å². The van der Waals surface area contributed by atoms with E-state index in [1.165, 1.54) is 12.1 Å². The van der Waals surface area contributed by atoms with Crippen LogP contribution in [-0.4, -0.2) is 32.3 Å². The van der Waals surface area contributed by atoms with E-state index in [0.29, 0.717) is 0 Å². The maximum Gasteiger partial charge on any atom is 0.305 e. The topological polar surface area (TPSA) is 74.7 Å². The van der Waals surface area contributed by atoms with E-state index >= 15 is 0 Å². The Kier molecular flexibility index (Phi) is 4.84. The summed E-state index contributed by atoms with van der Waals surface area (Å²) >= 11 is 11.7. The number of carbonyl (C=O) groups is 1. The lowest BCUT2D eigenvalue weighted by Gasteiger charge is -2.23. The van der Waals surface area contributed by atoms with Crippen molar-refractivity contribution < 1.29 is 18.3 Å². The van der Waals surface area contributed by atoms with Crippen molar-refractivity contribution in [2.75, 3.05) is 17.1 Å². The number of hydrogen-bond acceptors (Lipinski definition) is 3. The van der Waals surface area contributed by atoms with E-state index in [9.17, 15) is 13.2 Å². The predicted molar refractivity (Wildman–Crippen MR) is 70.9 cm³/mol. The van der Waals surface area contributed by atoms with Crippen LogP contribution in [0, 0.1) is 0 Å². The Morgan fingerprint density at radius 2 is 2.00 bits per heavy atom. The van der Waals surface area contributed by atoms with Crippen LogP contribution in [0.2, 0.25) is 10.0 Å². The molecular formula is C10H11Cl2NO4S. The number of hydrogen-bond donors (Lipinski definition) is 1. The van der Waals surface area contributed by atoms with Gasteiger partial charge in [-0.1, -0.05) is 29.3 Å². The van der Waals surface area contributed by atoms with Crippen LogP contribution in [0.15, 0.2) is 18.2 Å².